The van der Waals surface area contributed by atoms with E-state index in [9.17, 15) is 5.11 Å². The van der Waals surface area contributed by atoms with E-state index in [0.29, 0.717) is 5.75 Å². The molecule has 0 heterocycles. The Labute approximate surface area is 192 Å². The Hall–Kier alpha value is -2.26. The van der Waals surface area contributed by atoms with E-state index in [1.54, 1.807) is 5.57 Å². The highest BCUT2D eigenvalue weighted by atomic mass is 16.5. The second-order valence-corrected chi connectivity index (χ2v) is 10.3. The molecular formula is C29H37NO2. The van der Waals surface area contributed by atoms with Gasteiger partial charge in [0.1, 0.15) is 11.5 Å². The molecular weight excluding hydrogens is 394 g/mol. The highest BCUT2D eigenvalue weighted by Crippen LogP contribution is 2.58. The maximum absolute atomic E-state index is 9.87. The normalized spacial score (nSPS) is 25.8. The summed E-state index contributed by atoms with van der Waals surface area (Å²) in [6, 6.07) is 16.6. The average molecular weight is 432 g/mol. The highest BCUT2D eigenvalue weighted by molar-refractivity contribution is 5.83. The quantitative estimate of drug-likeness (QED) is 0.443. The summed E-state index contributed by atoms with van der Waals surface area (Å²) in [5, 5.41) is 9.87. The molecule has 4 saturated carbocycles. The van der Waals surface area contributed by atoms with Crippen molar-refractivity contribution in [3.8, 4) is 11.5 Å². The lowest BCUT2D eigenvalue weighted by Crippen LogP contribution is -2.40. The zero-order chi connectivity index (χ0) is 21.9. The minimum absolute atomic E-state index is 0.332. The van der Waals surface area contributed by atoms with Crippen LogP contribution in [0, 0.1) is 23.7 Å². The first-order valence-electron chi connectivity index (χ1n) is 12.7. The van der Waals surface area contributed by atoms with Crippen molar-refractivity contribution in [1.29, 1.82) is 0 Å². The zero-order valence-electron chi connectivity index (χ0n) is 19.1. The third-order valence-corrected chi connectivity index (χ3v) is 7.97. The average Bonchev–Trinajstić information content (AvgIpc) is 2.80. The fraction of sp³-hybridized carbons (Fsp3) is 0.517. The molecule has 0 aliphatic heterocycles. The molecule has 4 aliphatic rings. The predicted octanol–water partition coefficient (Wildman–Crippen LogP) is 6.55. The van der Waals surface area contributed by atoms with Crippen molar-refractivity contribution in [3.63, 3.8) is 0 Å². The molecule has 32 heavy (non-hydrogen) atoms. The summed E-state index contributed by atoms with van der Waals surface area (Å²) in [6.07, 6.45) is 11.5. The summed E-state index contributed by atoms with van der Waals surface area (Å²) in [5.41, 5.74) is 11.2. The van der Waals surface area contributed by atoms with Gasteiger partial charge in [0.25, 0.3) is 0 Å². The number of allylic oxidation sites excluding steroid dienone is 1. The number of hydrogen-bond donors (Lipinski definition) is 2. The highest BCUT2D eigenvalue weighted by Gasteiger charge is 2.46. The standard InChI is InChI=1S/C29H37NO2/c30-13-3-1-2-4-14-32-27-11-7-23(8-12-27)28(22-5-9-26(31)10-6-22)29-24-16-20-15-21(18-24)19-25(29)17-20/h5-12,20-21,24-25,31H,1-4,13-19,30H2. The van der Waals surface area contributed by atoms with Crippen molar-refractivity contribution in [1.82, 2.24) is 0 Å². The number of phenolic OH excluding ortho intramolecular Hbond substituents is 1. The summed E-state index contributed by atoms with van der Waals surface area (Å²) in [7, 11) is 0. The van der Waals surface area contributed by atoms with Crippen LogP contribution in [0.4, 0.5) is 0 Å². The maximum Gasteiger partial charge on any atom is 0.119 e. The molecule has 0 spiro atoms. The SMILES string of the molecule is NCCCCCCOc1ccc(C(=C2C3CC4CC(C3)CC2C4)c2ccc(O)cc2)cc1. The lowest BCUT2D eigenvalue weighted by atomic mass is 9.53. The Morgan fingerprint density at radius 1 is 0.750 bits per heavy atom. The minimum Gasteiger partial charge on any atom is -0.508 e. The second kappa shape index (κ2) is 9.70. The molecule has 3 heteroatoms. The van der Waals surface area contributed by atoms with Gasteiger partial charge in [-0.2, -0.15) is 0 Å². The van der Waals surface area contributed by atoms with Crippen LogP contribution in [0.1, 0.15) is 68.9 Å². The van der Waals surface area contributed by atoms with Crippen molar-refractivity contribution in [2.45, 2.75) is 57.8 Å². The molecule has 2 aromatic carbocycles. The first kappa shape index (κ1) is 21.6. The number of ether oxygens (including phenoxy) is 1. The van der Waals surface area contributed by atoms with E-state index >= 15 is 0 Å². The summed E-state index contributed by atoms with van der Waals surface area (Å²) in [6.45, 7) is 1.55. The van der Waals surface area contributed by atoms with Crippen LogP contribution in [0.15, 0.2) is 54.1 Å². The summed E-state index contributed by atoms with van der Waals surface area (Å²) in [4.78, 5) is 0. The van der Waals surface area contributed by atoms with Crippen LogP contribution in [0.3, 0.4) is 0 Å². The summed E-state index contributed by atoms with van der Waals surface area (Å²) >= 11 is 0. The monoisotopic (exact) mass is 431 g/mol. The van der Waals surface area contributed by atoms with Gasteiger partial charge in [0.15, 0.2) is 0 Å². The van der Waals surface area contributed by atoms with E-state index in [0.717, 1.165) is 55.4 Å². The Morgan fingerprint density at radius 3 is 1.91 bits per heavy atom. The van der Waals surface area contributed by atoms with Crippen LogP contribution in [0.5, 0.6) is 11.5 Å². The largest absolute Gasteiger partial charge is 0.508 e. The van der Waals surface area contributed by atoms with Gasteiger partial charge in [0.05, 0.1) is 6.61 Å². The van der Waals surface area contributed by atoms with E-state index in [-0.39, 0.29) is 0 Å². The molecule has 170 valence electrons. The van der Waals surface area contributed by atoms with Gasteiger partial charge in [-0.05, 0) is 116 Å². The van der Waals surface area contributed by atoms with Gasteiger partial charge in [-0.1, -0.05) is 42.7 Å². The van der Waals surface area contributed by atoms with Crippen LogP contribution in [-0.2, 0) is 0 Å². The van der Waals surface area contributed by atoms with Gasteiger partial charge in [-0.3, -0.25) is 0 Å². The van der Waals surface area contributed by atoms with Crippen LogP contribution in [0.2, 0.25) is 0 Å². The fourth-order valence-corrected chi connectivity index (χ4v) is 6.74. The van der Waals surface area contributed by atoms with Gasteiger partial charge in [0, 0.05) is 0 Å². The van der Waals surface area contributed by atoms with E-state index < -0.39 is 0 Å². The molecule has 0 aromatic heterocycles. The molecule has 0 unspecified atom stereocenters. The van der Waals surface area contributed by atoms with Gasteiger partial charge in [-0.25, -0.2) is 0 Å². The number of aromatic hydroxyl groups is 1. The van der Waals surface area contributed by atoms with E-state index in [2.05, 4.69) is 36.4 Å². The number of benzene rings is 2. The van der Waals surface area contributed by atoms with E-state index in [1.807, 2.05) is 12.1 Å². The molecule has 3 nitrogen and oxygen atoms in total. The number of unbranched alkanes of at least 4 members (excludes halogenated alkanes) is 3. The first-order chi connectivity index (χ1) is 15.7. The molecule has 4 aliphatic carbocycles. The summed E-state index contributed by atoms with van der Waals surface area (Å²) in [5.74, 6) is 4.65. The number of phenols is 1. The molecule has 6 rings (SSSR count). The second-order valence-electron chi connectivity index (χ2n) is 10.3. The van der Waals surface area contributed by atoms with Crippen LogP contribution < -0.4 is 10.5 Å². The van der Waals surface area contributed by atoms with Gasteiger partial charge >= 0.3 is 0 Å². The Balaban J connectivity index is 1.39. The number of nitrogens with two attached hydrogens (primary N) is 1. The molecule has 0 saturated heterocycles. The first-order valence-corrected chi connectivity index (χ1v) is 12.7. The third kappa shape index (κ3) is 4.59. The van der Waals surface area contributed by atoms with E-state index in [4.69, 9.17) is 10.5 Å². The van der Waals surface area contributed by atoms with Gasteiger partial charge in [-0.15, -0.1) is 0 Å². The molecule has 0 amide bonds. The van der Waals surface area contributed by atoms with Crippen LogP contribution in [-0.4, -0.2) is 18.3 Å². The number of rotatable bonds is 9. The molecule has 4 bridgehead atoms. The third-order valence-electron chi connectivity index (χ3n) is 7.97. The molecule has 3 N–H and O–H groups in total. The Kier molecular flexibility index (Phi) is 6.54. The number of hydrogen-bond acceptors (Lipinski definition) is 3. The van der Waals surface area contributed by atoms with Crippen molar-refractivity contribution < 1.29 is 9.84 Å². The van der Waals surface area contributed by atoms with Gasteiger partial charge < -0.3 is 15.6 Å². The smallest absolute Gasteiger partial charge is 0.119 e. The maximum atomic E-state index is 9.87. The van der Waals surface area contributed by atoms with Crippen LogP contribution in [0.25, 0.3) is 5.57 Å². The summed E-state index contributed by atoms with van der Waals surface area (Å²) < 4.78 is 6.00. The van der Waals surface area contributed by atoms with Gasteiger partial charge in [0.2, 0.25) is 0 Å². The van der Waals surface area contributed by atoms with E-state index in [1.165, 1.54) is 61.6 Å². The Bertz CT molecular complexity index is 899. The van der Waals surface area contributed by atoms with Crippen molar-refractivity contribution in [2.75, 3.05) is 13.2 Å². The lowest BCUT2D eigenvalue weighted by molar-refractivity contribution is 0.0705. The fourth-order valence-electron chi connectivity index (χ4n) is 6.74. The van der Waals surface area contributed by atoms with Crippen LogP contribution >= 0.6 is 0 Å². The molecule has 0 radical (unpaired) electrons. The molecule has 0 atom stereocenters. The van der Waals surface area contributed by atoms with Crippen molar-refractivity contribution in [3.05, 3.63) is 65.2 Å². The topological polar surface area (TPSA) is 55.5 Å². The zero-order valence-corrected chi connectivity index (χ0v) is 19.1. The predicted molar refractivity (Wildman–Crippen MR) is 131 cm³/mol. The molecule has 4 fully saturated rings. The van der Waals surface area contributed by atoms with Crippen molar-refractivity contribution in [2.24, 2.45) is 29.4 Å². The Morgan fingerprint density at radius 2 is 1.31 bits per heavy atom. The molecule has 2 aromatic rings. The minimum atomic E-state index is 0.332. The van der Waals surface area contributed by atoms with Crippen molar-refractivity contribution >= 4 is 5.57 Å². The lowest BCUT2D eigenvalue weighted by Gasteiger charge is -2.52.